The monoisotopic (exact) mass is 265 g/mol. The van der Waals surface area contributed by atoms with Crippen LogP contribution in [0.5, 0.6) is 0 Å². The lowest BCUT2D eigenvalue weighted by atomic mass is 10.1. The Morgan fingerprint density at radius 1 is 1.28 bits per heavy atom. The van der Waals surface area contributed by atoms with Crippen molar-refractivity contribution < 1.29 is 4.52 Å². The molecular weight excluding hydrogens is 250 g/mol. The second kappa shape index (κ2) is 5.87. The van der Waals surface area contributed by atoms with Crippen LogP contribution in [-0.4, -0.2) is 16.7 Å². The van der Waals surface area contributed by atoms with Gasteiger partial charge < -0.3 is 9.84 Å². The molecule has 5 heteroatoms. The van der Waals surface area contributed by atoms with E-state index in [1.807, 2.05) is 24.3 Å². The van der Waals surface area contributed by atoms with Crippen LogP contribution in [0.1, 0.15) is 25.2 Å². The molecular formula is C13H16ClN3O. The zero-order valence-electron chi connectivity index (χ0n) is 10.5. The third-order valence-corrected chi connectivity index (χ3v) is 2.66. The molecule has 1 N–H and O–H groups in total. The largest absolute Gasteiger partial charge is 0.338 e. The van der Waals surface area contributed by atoms with Crippen molar-refractivity contribution in [1.82, 2.24) is 10.1 Å². The van der Waals surface area contributed by atoms with Gasteiger partial charge in [0.05, 0.1) is 0 Å². The Labute approximate surface area is 111 Å². The van der Waals surface area contributed by atoms with E-state index in [0.717, 1.165) is 17.1 Å². The average molecular weight is 266 g/mol. The minimum absolute atomic E-state index is 0.479. The van der Waals surface area contributed by atoms with Gasteiger partial charge in [-0.1, -0.05) is 42.7 Å². The second-order valence-electron chi connectivity index (χ2n) is 4.59. The van der Waals surface area contributed by atoms with Crippen molar-refractivity contribution in [2.24, 2.45) is 5.92 Å². The van der Waals surface area contributed by atoms with Crippen LogP contribution in [0.15, 0.2) is 28.8 Å². The van der Waals surface area contributed by atoms with E-state index in [2.05, 4.69) is 29.3 Å². The van der Waals surface area contributed by atoms with Gasteiger partial charge in [-0.05, 0) is 23.6 Å². The van der Waals surface area contributed by atoms with Gasteiger partial charge in [0.2, 0.25) is 0 Å². The summed E-state index contributed by atoms with van der Waals surface area (Å²) in [5.41, 5.74) is 1.11. The third kappa shape index (κ3) is 3.74. The fourth-order valence-electron chi connectivity index (χ4n) is 1.47. The first-order valence-corrected chi connectivity index (χ1v) is 6.32. The number of nitrogens with zero attached hydrogens (tertiary/aromatic N) is 2. The molecule has 0 aliphatic rings. The van der Waals surface area contributed by atoms with Gasteiger partial charge in [0.15, 0.2) is 5.82 Å². The van der Waals surface area contributed by atoms with E-state index in [0.29, 0.717) is 24.2 Å². The van der Waals surface area contributed by atoms with Gasteiger partial charge in [-0.15, -0.1) is 0 Å². The van der Waals surface area contributed by atoms with E-state index in [1.165, 1.54) is 0 Å². The molecule has 0 aliphatic heterocycles. The molecule has 0 atom stereocenters. The lowest BCUT2D eigenvalue weighted by molar-refractivity contribution is 0.421. The Hall–Kier alpha value is -1.55. The van der Waals surface area contributed by atoms with Gasteiger partial charge in [0.25, 0.3) is 0 Å². The molecule has 1 aromatic carbocycles. The maximum absolute atomic E-state index is 5.83. The van der Waals surface area contributed by atoms with Crippen LogP contribution in [0.3, 0.4) is 0 Å². The summed E-state index contributed by atoms with van der Waals surface area (Å²) in [4.78, 5) is 4.28. The first-order chi connectivity index (χ1) is 8.63. The minimum atomic E-state index is 0.479. The van der Waals surface area contributed by atoms with Crippen LogP contribution in [0.25, 0.3) is 0 Å². The molecule has 0 spiro atoms. The minimum Gasteiger partial charge on any atom is -0.338 e. The van der Waals surface area contributed by atoms with E-state index in [9.17, 15) is 0 Å². The molecule has 18 heavy (non-hydrogen) atoms. The molecule has 1 aromatic heterocycles. The highest BCUT2D eigenvalue weighted by molar-refractivity contribution is 6.30. The summed E-state index contributed by atoms with van der Waals surface area (Å²) in [6.45, 7) is 5.07. The summed E-state index contributed by atoms with van der Waals surface area (Å²) in [7, 11) is 0. The predicted octanol–water partition coefficient (Wildman–Crippen LogP) is 3.38. The van der Waals surface area contributed by atoms with Crippen molar-refractivity contribution in [3.8, 4) is 0 Å². The number of aromatic nitrogens is 2. The molecule has 0 aliphatic carbocycles. The van der Waals surface area contributed by atoms with E-state index < -0.39 is 0 Å². The summed E-state index contributed by atoms with van der Waals surface area (Å²) in [5, 5.41) is 7.76. The van der Waals surface area contributed by atoms with Crippen molar-refractivity contribution in [3.63, 3.8) is 0 Å². The fourth-order valence-corrected chi connectivity index (χ4v) is 1.60. The molecule has 96 valence electrons. The zero-order valence-corrected chi connectivity index (χ0v) is 11.2. The first-order valence-electron chi connectivity index (χ1n) is 5.94. The molecule has 4 nitrogen and oxygen atoms in total. The van der Waals surface area contributed by atoms with Crippen LogP contribution in [0.4, 0.5) is 6.01 Å². The maximum Gasteiger partial charge on any atom is 0.321 e. The molecule has 1 heterocycles. The zero-order chi connectivity index (χ0) is 13.0. The highest BCUT2D eigenvalue weighted by Crippen LogP contribution is 2.13. The van der Waals surface area contributed by atoms with Crippen LogP contribution < -0.4 is 5.32 Å². The molecule has 0 radical (unpaired) electrons. The topological polar surface area (TPSA) is 51.0 Å². The van der Waals surface area contributed by atoms with Crippen LogP contribution in [-0.2, 0) is 6.42 Å². The summed E-state index contributed by atoms with van der Waals surface area (Å²) in [6.07, 6.45) is 0.643. The molecule has 2 rings (SSSR count). The SMILES string of the molecule is CC(C)CNc1nc(Cc2ccc(Cl)cc2)no1. The standard InChI is InChI=1S/C13H16ClN3O/c1-9(2)8-15-13-16-12(17-18-13)7-10-3-5-11(14)6-4-10/h3-6,9H,7-8H2,1-2H3,(H,15,16,17). The van der Waals surface area contributed by atoms with Gasteiger partial charge in [-0.25, -0.2) is 0 Å². The van der Waals surface area contributed by atoms with Gasteiger partial charge in [-0.2, -0.15) is 4.98 Å². The Morgan fingerprint density at radius 3 is 2.67 bits per heavy atom. The van der Waals surface area contributed by atoms with Crippen molar-refractivity contribution in [2.75, 3.05) is 11.9 Å². The lowest BCUT2D eigenvalue weighted by Crippen LogP contribution is -2.08. The highest BCUT2D eigenvalue weighted by atomic mass is 35.5. The molecule has 0 bridgehead atoms. The van der Waals surface area contributed by atoms with Crippen molar-refractivity contribution in [2.45, 2.75) is 20.3 Å². The Bertz CT molecular complexity index is 493. The Balaban J connectivity index is 1.95. The predicted molar refractivity (Wildman–Crippen MR) is 71.9 cm³/mol. The quantitative estimate of drug-likeness (QED) is 0.900. The summed E-state index contributed by atoms with van der Waals surface area (Å²) in [5.74, 6) is 1.21. The number of halogens is 1. The summed E-state index contributed by atoms with van der Waals surface area (Å²) in [6, 6.07) is 8.11. The van der Waals surface area contributed by atoms with Crippen LogP contribution in [0.2, 0.25) is 5.02 Å². The van der Waals surface area contributed by atoms with Crippen molar-refractivity contribution in [3.05, 3.63) is 40.7 Å². The van der Waals surface area contributed by atoms with Crippen LogP contribution in [0, 0.1) is 5.92 Å². The normalized spacial score (nSPS) is 10.9. The third-order valence-electron chi connectivity index (χ3n) is 2.41. The van der Waals surface area contributed by atoms with E-state index in [1.54, 1.807) is 0 Å². The van der Waals surface area contributed by atoms with Gasteiger partial charge >= 0.3 is 6.01 Å². The number of nitrogens with one attached hydrogen (secondary N) is 1. The van der Waals surface area contributed by atoms with E-state index >= 15 is 0 Å². The van der Waals surface area contributed by atoms with Gasteiger partial charge in [-0.3, -0.25) is 0 Å². The van der Waals surface area contributed by atoms with Gasteiger partial charge in [0, 0.05) is 18.0 Å². The second-order valence-corrected chi connectivity index (χ2v) is 5.03. The Kier molecular flexibility index (Phi) is 4.20. The van der Waals surface area contributed by atoms with E-state index in [-0.39, 0.29) is 0 Å². The molecule has 2 aromatic rings. The molecule has 0 fully saturated rings. The fraction of sp³-hybridized carbons (Fsp3) is 0.385. The number of hydrogen-bond acceptors (Lipinski definition) is 4. The highest BCUT2D eigenvalue weighted by Gasteiger charge is 2.07. The summed E-state index contributed by atoms with van der Waals surface area (Å²) < 4.78 is 5.11. The number of hydrogen-bond donors (Lipinski definition) is 1. The smallest absolute Gasteiger partial charge is 0.321 e. The van der Waals surface area contributed by atoms with Crippen molar-refractivity contribution in [1.29, 1.82) is 0 Å². The average Bonchev–Trinajstić information content (AvgIpc) is 2.77. The van der Waals surface area contributed by atoms with Crippen LogP contribution >= 0.6 is 11.6 Å². The first kappa shape index (κ1) is 12.9. The molecule has 0 amide bonds. The molecule has 0 saturated carbocycles. The number of benzene rings is 1. The Morgan fingerprint density at radius 2 is 2.00 bits per heavy atom. The number of anilines is 1. The van der Waals surface area contributed by atoms with Gasteiger partial charge in [0.1, 0.15) is 0 Å². The van der Waals surface area contributed by atoms with Crippen molar-refractivity contribution >= 4 is 17.6 Å². The summed E-state index contributed by atoms with van der Waals surface area (Å²) >= 11 is 5.83. The molecule has 0 unspecified atom stereocenters. The lowest BCUT2D eigenvalue weighted by Gasteiger charge is -2.02. The maximum atomic E-state index is 5.83. The number of rotatable bonds is 5. The van der Waals surface area contributed by atoms with E-state index in [4.69, 9.17) is 16.1 Å². The molecule has 0 saturated heterocycles.